The molecule has 1 aromatic rings. The largest absolute Gasteiger partial charge is 0.301 e. The van der Waals surface area contributed by atoms with Crippen LogP contribution in [0.15, 0.2) is 23.3 Å². The van der Waals surface area contributed by atoms with Crippen molar-refractivity contribution in [3.8, 4) is 0 Å². The van der Waals surface area contributed by atoms with Crippen LogP contribution in [-0.2, 0) is 0 Å². The van der Waals surface area contributed by atoms with Gasteiger partial charge in [0.25, 0.3) is 0 Å². The van der Waals surface area contributed by atoms with Gasteiger partial charge in [0.15, 0.2) is 0 Å². The maximum Gasteiger partial charge on any atom is 0.301 e. The van der Waals surface area contributed by atoms with Crippen molar-refractivity contribution in [1.82, 2.24) is 0 Å². The zero-order valence-corrected chi connectivity index (χ0v) is 14.1. The van der Waals surface area contributed by atoms with E-state index in [2.05, 4.69) is 24.4 Å². The van der Waals surface area contributed by atoms with Crippen LogP contribution in [0.4, 0.5) is 17.1 Å². The number of hydrogen-bond donors (Lipinski definition) is 1. The van der Waals surface area contributed by atoms with E-state index in [4.69, 9.17) is 0 Å². The quantitative estimate of drug-likeness (QED) is 0.267. The van der Waals surface area contributed by atoms with Gasteiger partial charge in [0, 0.05) is 18.3 Å². The third-order valence-corrected chi connectivity index (χ3v) is 3.55. The molecule has 0 aromatic heterocycles. The lowest BCUT2D eigenvalue weighted by Gasteiger charge is -2.04. The first-order valence-corrected chi connectivity index (χ1v) is 8.12. The van der Waals surface area contributed by atoms with Gasteiger partial charge in [0.1, 0.15) is 0 Å². The minimum atomic E-state index is -0.667. The molecule has 0 radical (unpaired) electrons. The van der Waals surface area contributed by atoms with E-state index < -0.39 is 9.85 Å². The summed E-state index contributed by atoms with van der Waals surface area (Å²) in [5.41, 5.74) is 1.52. The number of nitro groups is 2. The van der Waals surface area contributed by atoms with Crippen LogP contribution in [0.3, 0.4) is 0 Å². The molecule has 132 valence electrons. The maximum absolute atomic E-state index is 11.0. The van der Waals surface area contributed by atoms with Crippen LogP contribution in [0.25, 0.3) is 0 Å². The minimum Gasteiger partial charge on any atom is -0.266 e. The summed E-state index contributed by atoms with van der Waals surface area (Å²) >= 11 is 0. The van der Waals surface area contributed by atoms with Crippen molar-refractivity contribution in [2.24, 2.45) is 11.0 Å². The Balaban J connectivity index is 2.49. The third kappa shape index (κ3) is 6.72. The van der Waals surface area contributed by atoms with E-state index in [0.29, 0.717) is 0 Å². The Hall–Kier alpha value is -2.51. The summed E-state index contributed by atoms with van der Waals surface area (Å²) in [6, 6.07) is 3.70. The van der Waals surface area contributed by atoms with Crippen molar-refractivity contribution in [2.45, 2.75) is 52.4 Å². The number of hydrogen-bond acceptors (Lipinski definition) is 6. The summed E-state index contributed by atoms with van der Waals surface area (Å²) in [4.78, 5) is 20.6. The van der Waals surface area contributed by atoms with Gasteiger partial charge in [0.2, 0.25) is 5.69 Å². The molecule has 24 heavy (non-hydrogen) atoms. The van der Waals surface area contributed by atoms with E-state index in [9.17, 15) is 20.2 Å². The molecule has 0 saturated carbocycles. The topological polar surface area (TPSA) is 111 Å². The van der Waals surface area contributed by atoms with Crippen LogP contribution >= 0.6 is 0 Å². The van der Waals surface area contributed by atoms with Gasteiger partial charge in [-0.1, -0.05) is 39.5 Å². The first kappa shape index (κ1) is 19.5. The molecule has 0 heterocycles. The molecule has 0 saturated heterocycles. The SMILES string of the molecule is CC(C)CCCCCC/C=N\Nc1c([N+](=O)[O-])cccc1[N+](=O)[O-]. The molecular weight excluding hydrogens is 312 g/mol. The predicted molar refractivity (Wildman–Crippen MR) is 94.4 cm³/mol. The first-order chi connectivity index (χ1) is 11.4. The Kier molecular flexibility index (Phi) is 8.38. The van der Waals surface area contributed by atoms with Gasteiger partial charge in [-0.3, -0.25) is 25.7 Å². The maximum atomic E-state index is 11.0. The molecule has 0 spiro atoms. The van der Waals surface area contributed by atoms with E-state index in [-0.39, 0.29) is 17.1 Å². The van der Waals surface area contributed by atoms with Crippen molar-refractivity contribution in [2.75, 3.05) is 5.43 Å². The highest BCUT2D eigenvalue weighted by Gasteiger charge is 2.24. The van der Waals surface area contributed by atoms with Gasteiger partial charge in [-0.15, -0.1) is 0 Å². The molecule has 8 heteroatoms. The van der Waals surface area contributed by atoms with Crippen LogP contribution in [0.2, 0.25) is 0 Å². The molecule has 0 amide bonds. The monoisotopic (exact) mass is 336 g/mol. The molecule has 0 aliphatic carbocycles. The van der Waals surface area contributed by atoms with Gasteiger partial charge in [-0.2, -0.15) is 5.10 Å². The average Bonchev–Trinajstić information content (AvgIpc) is 2.52. The van der Waals surface area contributed by atoms with Crippen LogP contribution in [0, 0.1) is 26.1 Å². The highest BCUT2D eigenvalue weighted by Crippen LogP contribution is 2.33. The Morgan fingerprint density at radius 2 is 1.67 bits per heavy atom. The number of para-hydroxylation sites is 1. The number of rotatable bonds is 11. The van der Waals surface area contributed by atoms with Crippen molar-refractivity contribution < 1.29 is 9.85 Å². The lowest BCUT2D eigenvalue weighted by atomic mass is 10.0. The van der Waals surface area contributed by atoms with Crippen LogP contribution < -0.4 is 5.43 Å². The van der Waals surface area contributed by atoms with E-state index in [1.807, 2.05) is 0 Å². The fraction of sp³-hybridized carbons (Fsp3) is 0.562. The normalized spacial score (nSPS) is 11.1. The molecule has 1 N–H and O–H groups in total. The number of nitrogens with one attached hydrogen (secondary N) is 1. The summed E-state index contributed by atoms with van der Waals surface area (Å²) in [6.07, 6.45) is 8.03. The van der Waals surface area contributed by atoms with Gasteiger partial charge >= 0.3 is 11.4 Å². The van der Waals surface area contributed by atoms with E-state index >= 15 is 0 Å². The lowest BCUT2D eigenvalue weighted by Crippen LogP contribution is -2.01. The Morgan fingerprint density at radius 3 is 2.21 bits per heavy atom. The van der Waals surface area contributed by atoms with Crippen LogP contribution in [0.5, 0.6) is 0 Å². The van der Waals surface area contributed by atoms with Gasteiger partial charge in [-0.05, 0) is 24.8 Å². The Morgan fingerprint density at radius 1 is 1.08 bits per heavy atom. The van der Waals surface area contributed by atoms with Crippen molar-refractivity contribution in [3.63, 3.8) is 0 Å². The highest BCUT2D eigenvalue weighted by molar-refractivity contribution is 5.74. The van der Waals surface area contributed by atoms with E-state index in [1.54, 1.807) is 6.21 Å². The summed E-state index contributed by atoms with van der Waals surface area (Å²) in [7, 11) is 0. The lowest BCUT2D eigenvalue weighted by molar-refractivity contribution is -0.392. The van der Waals surface area contributed by atoms with Gasteiger partial charge in [-0.25, -0.2) is 0 Å². The number of nitro benzene ring substituents is 2. The Labute approximate surface area is 141 Å². The Bertz CT molecular complexity index is 555. The summed E-state index contributed by atoms with van der Waals surface area (Å²) in [5, 5.41) is 25.8. The second-order valence-corrected chi connectivity index (χ2v) is 5.99. The molecule has 0 unspecified atom stereocenters. The number of nitrogens with zero attached hydrogens (tertiary/aromatic N) is 3. The van der Waals surface area contributed by atoms with Gasteiger partial charge in [0.05, 0.1) is 9.85 Å². The molecule has 1 rings (SSSR count). The molecular formula is C16H24N4O4. The van der Waals surface area contributed by atoms with Crippen LogP contribution in [-0.4, -0.2) is 16.1 Å². The molecule has 8 nitrogen and oxygen atoms in total. The zero-order valence-electron chi connectivity index (χ0n) is 14.1. The summed E-state index contributed by atoms with van der Waals surface area (Å²) in [5.74, 6) is 0.730. The predicted octanol–water partition coefficient (Wildman–Crippen LogP) is 4.90. The highest BCUT2D eigenvalue weighted by atomic mass is 16.6. The number of hydrazone groups is 1. The summed E-state index contributed by atoms with van der Waals surface area (Å²) in [6.45, 7) is 4.42. The second kappa shape index (κ2) is 10.3. The average molecular weight is 336 g/mol. The molecule has 1 aromatic carbocycles. The first-order valence-electron chi connectivity index (χ1n) is 8.12. The van der Waals surface area contributed by atoms with Crippen molar-refractivity contribution in [1.29, 1.82) is 0 Å². The van der Waals surface area contributed by atoms with Crippen molar-refractivity contribution >= 4 is 23.3 Å². The number of unbranched alkanes of at least 4 members (excludes halogenated alkanes) is 4. The summed E-state index contributed by atoms with van der Waals surface area (Å²) < 4.78 is 0. The van der Waals surface area contributed by atoms with Gasteiger partial charge < -0.3 is 0 Å². The fourth-order valence-electron chi connectivity index (χ4n) is 2.26. The number of benzene rings is 1. The fourth-order valence-corrected chi connectivity index (χ4v) is 2.26. The molecule has 0 aliphatic rings. The zero-order chi connectivity index (χ0) is 17.9. The molecule has 0 bridgehead atoms. The molecule has 0 aliphatic heterocycles. The standard InChI is InChI=1S/C16H24N4O4/c1-13(2)9-6-4-3-5-7-12-17-18-16-14(19(21)22)10-8-11-15(16)20(23)24/h8,10-13,18H,3-7,9H2,1-2H3/b17-12-. The second-order valence-electron chi connectivity index (χ2n) is 5.99. The van der Waals surface area contributed by atoms with E-state index in [1.165, 1.54) is 37.5 Å². The minimum absolute atomic E-state index is 0.194. The number of anilines is 1. The van der Waals surface area contributed by atoms with Crippen molar-refractivity contribution in [3.05, 3.63) is 38.4 Å². The third-order valence-electron chi connectivity index (χ3n) is 3.55. The van der Waals surface area contributed by atoms with Crippen LogP contribution in [0.1, 0.15) is 52.4 Å². The van der Waals surface area contributed by atoms with E-state index in [0.717, 1.165) is 25.2 Å². The molecule has 0 atom stereocenters. The molecule has 0 fully saturated rings. The smallest absolute Gasteiger partial charge is 0.266 e.